The third-order valence-corrected chi connectivity index (χ3v) is 4.79. The van der Waals surface area contributed by atoms with Crippen LogP contribution in [0.1, 0.15) is 10.7 Å². The van der Waals surface area contributed by atoms with Crippen LogP contribution in [0, 0.1) is 11.3 Å². The summed E-state index contributed by atoms with van der Waals surface area (Å²) < 4.78 is 0.938. The van der Waals surface area contributed by atoms with Gasteiger partial charge < -0.3 is 4.98 Å². The molecule has 0 saturated heterocycles. The largest absolute Gasteiger partial charge is 0.305 e. The molecule has 4 nitrogen and oxygen atoms in total. The Kier molecular flexibility index (Phi) is 4.12. The summed E-state index contributed by atoms with van der Waals surface area (Å²) in [5.74, 6) is 0.229. The minimum absolute atomic E-state index is 0.229. The van der Waals surface area contributed by atoms with Crippen molar-refractivity contribution < 1.29 is 0 Å². The molecular formula is C15H7BrClN3OS. The maximum Gasteiger partial charge on any atom is 0.259 e. The summed E-state index contributed by atoms with van der Waals surface area (Å²) in [6, 6.07) is 8.80. The predicted molar refractivity (Wildman–Crippen MR) is 92.9 cm³/mol. The van der Waals surface area contributed by atoms with Crippen molar-refractivity contribution in [1.82, 2.24) is 9.97 Å². The number of aromatic nitrogens is 2. The minimum atomic E-state index is -0.301. The first kappa shape index (κ1) is 15.0. The highest BCUT2D eigenvalue weighted by Gasteiger charge is 2.09. The van der Waals surface area contributed by atoms with Gasteiger partial charge in [0.05, 0.1) is 16.5 Å². The van der Waals surface area contributed by atoms with E-state index in [2.05, 4.69) is 32.0 Å². The number of fused-ring (bicyclic) bond motifs is 1. The molecule has 0 saturated carbocycles. The topological polar surface area (TPSA) is 69.5 Å². The zero-order valence-corrected chi connectivity index (χ0v) is 14.1. The highest BCUT2D eigenvalue weighted by Crippen LogP contribution is 2.24. The summed E-state index contributed by atoms with van der Waals surface area (Å²) >= 11 is 10.8. The van der Waals surface area contributed by atoms with Crippen LogP contribution in [0.4, 0.5) is 0 Å². The summed E-state index contributed by atoms with van der Waals surface area (Å²) in [4.78, 5) is 20.0. The van der Waals surface area contributed by atoms with Gasteiger partial charge in [-0.1, -0.05) is 11.6 Å². The maximum absolute atomic E-state index is 12.1. The van der Waals surface area contributed by atoms with E-state index in [4.69, 9.17) is 11.6 Å². The van der Waals surface area contributed by atoms with Crippen molar-refractivity contribution in [2.45, 2.75) is 0 Å². The SMILES string of the molecule is N#C/C(=C\c1cc(Br)cs1)c1nc2cc(Cl)ccc2c(=O)[nH]1. The molecule has 0 aliphatic carbocycles. The second-order valence-corrected chi connectivity index (χ2v) is 6.71. The summed E-state index contributed by atoms with van der Waals surface area (Å²) in [6.07, 6.45) is 1.68. The van der Waals surface area contributed by atoms with E-state index < -0.39 is 0 Å². The van der Waals surface area contributed by atoms with E-state index in [0.29, 0.717) is 15.9 Å². The Labute approximate surface area is 142 Å². The first-order valence-electron chi connectivity index (χ1n) is 6.12. The minimum Gasteiger partial charge on any atom is -0.305 e. The van der Waals surface area contributed by atoms with Crippen LogP contribution < -0.4 is 5.56 Å². The molecule has 0 atom stereocenters. The zero-order valence-electron chi connectivity index (χ0n) is 10.9. The van der Waals surface area contributed by atoms with Gasteiger partial charge in [-0.2, -0.15) is 5.26 Å². The van der Waals surface area contributed by atoms with Gasteiger partial charge in [0.2, 0.25) is 0 Å². The lowest BCUT2D eigenvalue weighted by atomic mass is 10.2. The van der Waals surface area contributed by atoms with Crippen molar-refractivity contribution in [3.8, 4) is 6.07 Å². The van der Waals surface area contributed by atoms with E-state index in [-0.39, 0.29) is 17.0 Å². The number of nitrogens with one attached hydrogen (secondary N) is 1. The van der Waals surface area contributed by atoms with Gasteiger partial charge in [-0.15, -0.1) is 11.3 Å². The van der Waals surface area contributed by atoms with Crippen LogP contribution in [-0.2, 0) is 0 Å². The predicted octanol–water partition coefficient (Wildman–Crippen LogP) is 4.46. The fourth-order valence-electron chi connectivity index (χ4n) is 1.94. The van der Waals surface area contributed by atoms with Crippen LogP contribution in [0.15, 0.2) is 38.9 Å². The number of allylic oxidation sites excluding steroid dienone is 1. The Balaban J connectivity index is 2.18. The van der Waals surface area contributed by atoms with Crippen molar-refractivity contribution in [3.63, 3.8) is 0 Å². The second-order valence-electron chi connectivity index (χ2n) is 4.41. The Morgan fingerprint density at radius 3 is 2.95 bits per heavy atom. The maximum atomic E-state index is 12.1. The van der Waals surface area contributed by atoms with E-state index in [1.165, 1.54) is 11.3 Å². The van der Waals surface area contributed by atoms with E-state index in [1.54, 1.807) is 24.3 Å². The van der Waals surface area contributed by atoms with Crippen LogP contribution >= 0.6 is 38.9 Å². The van der Waals surface area contributed by atoms with Crippen molar-refractivity contribution in [1.29, 1.82) is 5.26 Å². The van der Waals surface area contributed by atoms with Crippen LogP contribution in [0.2, 0.25) is 5.02 Å². The van der Waals surface area contributed by atoms with Crippen molar-refractivity contribution in [2.75, 3.05) is 0 Å². The molecule has 0 amide bonds. The summed E-state index contributed by atoms with van der Waals surface area (Å²) in [6.45, 7) is 0. The number of halogens is 2. The number of nitrogens with zero attached hydrogens (tertiary/aromatic N) is 2. The first-order valence-corrected chi connectivity index (χ1v) is 8.17. The number of hydrogen-bond acceptors (Lipinski definition) is 4. The lowest BCUT2D eigenvalue weighted by Crippen LogP contribution is -2.11. The highest BCUT2D eigenvalue weighted by molar-refractivity contribution is 9.10. The van der Waals surface area contributed by atoms with Gasteiger partial charge in [-0.25, -0.2) is 4.98 Å². The molecule has 0 bridgehead atoms. The molecule has 0 radical (unpaired) electrons. The van der Waals surface area contributed by atoms with E-state index >= 15 is 0 Å². The molecule has 3 rings (SSSR count). The van der Waals surface area contributed by atoms with E-state index in [0.717, 1.165) is 9.35 Å². The number of benzene rings is 1. The Morgan fingerprint density at radius 1 is 1.45 bits per heavy atom. The lowest BCUT2D eigenvalue weighted by Gasteiger charge is -2.02. The molecule has 108 valence electrons. The van der Waals surface area contributed by atoms with Crippen molar-refractivity contribution in [3.05, 3.63) is 60.2 Å². The molecule has 7 heteroatoms. The van der Waals surface area contributed by atoms with Gasteiger partial charge in [0, 0.05) is 19.8 Å². The van der Waals surface area contributed by atoms with Gasteiger partial charge in [0.25, 0.3) is 5.56 Å². The standard InChI is InChI=1S/C15H7BrClN3OS/c16-9-4-11(22-7-9)3-8(6-18)14-19-13-5-10(17)1-2-12(13)15(21)20-14/h1-5,7H,(H,19,20,21)/b8-3+. The molecule has 2 aromatic heterocycles. The Bertz CT molecular complexity index is 1000. The fourth-order valence-corrected chi connectivity index (χ4v) is 3.48. The van der Waals surface area contributed by atoms with Crippen molar-refractivity contribution >= 4 is 61.4 Å². The smallest absolute Gasteiger partial charge is 0.259 e. The van der Waals surface area contributed by atoms with Gasteiger partial charge in [-0.05, 0) is 46.3 Å². The zero-order chi connectivity index (χ0) is 15.7. The molecule has 22 heavy (non-hydrogen) atoms. The number of thiophene rings is 1. The van der Waals surface area contributed by atoms with Crippen LogP contribution in [0.3, 0.4) is 0 Å². The molecule has 1 N–H and O–H groups in total. The molecule has 1 aromatic carbocycles. The van der Waals surface area contributed by atoms with Gasteiger partial charge >= 0.3 is 0 Å². The van der Waals surface area contributed by atoms with E-state index in [9.17, 15) is 10.1 Å². The average Bonchev–Trinajstić information content (AvgIpc) is 2.89. The Morgan fingerprint density at radius 2 is 2.27 bits per heavy atom. The molecule has 3 aromatic rings. The van der Waals surface area contributed by atoms with Crippen molar-refractivity contribution in [2.24, 2.45) is 0 Å². The van der Waals surface area contributed by atoms with Gasteiger partial charge in [0.15, 0.2) is 5.82 Å². The molecule has 2 heterocycles. The normalized spacial score (nSPS) is 11.6. The number of H-pyrrole nitrogens is 1. The third-order valence-electron chi connectivity index (χ3n) is 2.92. The molecule has 0 aliphatic rings. The summed E-state index contributed by atoms with van der Waals surface area (Å²) in [7, 11) is 0. The average molecular weight is 393 g/mol. The second kappa shape index (κ2) is 6.05. The van der Waals surface area contributed by atoms with Gasteiger partial charge in [-0.3, -0.25) is 4.79 Å². The number of nitriles is 1. The molecule has 0 unspecified atom stereocenters. The quantitative estimate of drug-likeness (QED) is 0.654. The monoisotopic (exact) mass is 391 g/mol. The molecular weight excluding hydrogens is 386 g/mol. The summed E-state index contributed by atoms with van der Waals surface area (Å²) in [5.41, 5.74) is 0.443. The first-order chi connectivity index (χ1) is 10.6. The molecule has 0 fully saturated rings. The number of aromatic amines is 1. The summed E-state index contributed by atoms with van der Waals surface area (Å²) in [5, 5.41) is 12.2. The number of rotatable bonds is 2. The van der Waals surface area contributed by atoms with Gasteiger partial charge in [0.1, 0.15) is 6.07 Å². The van der Waals surface area contributed by atoms with Crippen LogP contribution in [0.5, 0.6) is 0 Å². The highest BCUT2D eigenvalue weighted by atomic mass is 79.9. The molecule has 0 aliphatic heterocycles. The number of hydrogen-bond donors (Lipinski definition) is 1. The van der Waals surface area contributed by atoms with Crippen LogP contribution in [0.25, 0.3) is 22.6 Å². The molecule has 0 spiro atoms. The van der Waals surface area contributed by atoms with Crippen LogP contribution in [-0.4, -0.2) is 9.97 Å². The Hall–Kier alpha value is -1.94. The lowest BCUT2D eigenvalue weighted by molar-refractivity contribution is 1.13. The third kappa shape index (κ3) is 2.97. The van der Waals surface area contributed by atoms with E-state index in [1.807, 2.05) is 11.4 Å². The fraction of sp³-hybridized carbons (Fsp3) is 0.